The van der Waals surface area contributed by atoms with E-state index in [4.69, 9.17) is 5.73 Å². The normalized spacial score (nSPS) is 14.1. The van der Waals surface area contributed by atoms with Crippen LogP contribution in [0.1, 0.15) is 29.7 Å². The average molecular weight is 451 g/mol. The minimum absolute atomic E-state index is 0.194. The maximum atomic E-state index is 6.78. The number of fused-ring (bicyclic) bond motifs is 3. The molecule has 2 nitrogen and oxygen atoms in total. The third kappa shape index (κ3) is 3.99. The first-order chi connectivity index (χ1) is 17.2. The van der Waals surface area contributed by atoms with Gasteiger partial charge in [-0.15, -0.1) is 0 Å². The molecule has 0 saturated heterocycles. The summed E-state index contributed by atoms with van der Waals surface area (Å²) >= 11 is 0. The van der Waals surface area contributed by atoms with Gasteiger partial charge in [-0.25, -0.2) is 0 Å². The molecule has 1 heterocycles. The number of hydrogen-bond acceptors (Lipinski definition) is 2. The lowest BCUT2D eigenvalue weighted by Crippen LogP contribution is -2.08. The first kappa shape index (κ1) is 21.3. The second kappa shape index (κ2) is 8.83. The van der Waals surface area contributed by atoms with Crippen LogP contribution in [0.25, 0.3) is 43.9 Å². The molecule has 6 rings (SSSR count). The van der Waals surface area contributed by atoms with E-state index in [9.17, 15) is 0 Å². The second-order valence-electron chi connectivity index (χ2n) is 9.09. The Kier molecular flexibility index (Phi) is 5.36. The Bertz CT molecular complexity index is 1640. The zero-order chi connectivity index (χ0) is 23.8. The van der Waals surface area contributed by atoms with E-state index in [0.29, 0.717) is 0 Å². The lowest BCUT2D eigenvalue weighted by molar-refractivity contribution is 0.924. The van der Waals surface area contributed by atoms with E-state index in [1.54, 1.807) is 0 Å². The van der Waals surface area contributed by atoms with Crippen LogP contribution < -0.4 is 5.73 Å². The molecule has 0 aromatic heterocycles. The lowest BCUT2D eigenvalue weighted by Gasteiger charge is -2.15. The van der Waals surface area contributed by atoms with Crippen molar-refractivity contribution < 1.29 is 0 Å². The molecule has 35 heavy (non-hydrogen) atoms. The first-order valence-electron chi connectivity index (χ1n) is 12.0. The van der Waals surface area contributed by atoms with Crippen molar-refractivity contribution in [2.75, 3.05) is 0 Å². The highest BCUT2D eigenvalue weighted by molar-refractivity contribution is 6.09. The number of hydrogen-bond donors (Lipinski definition) is 1. The van der Waals surface area contributed by atoms with Crippen LogP contribution in [0, 0.1) is 0 Å². The van der Waals surface area contributed by atoms with Gasteiger partial charge in [-0.1, -0.05) is 103 Å². The van der Waals surface area contributed by atoms with E-state index in [-0.39, 0.29) is 6.04 Å². The summed E-state index contributed by atoms with van der Waals surface area (Å²) in [6.45, 7) is 2.14. The van der Waals surface area contributed by atoms with Crippen LogP contribution in [0.15, 0.2) is 120 Å². The van der Waals surface area contributed by atoms with Gasteiger partial charge in [0.2, 0.25) is 0 Å². The maximum Gasteiger partial charge on any atom is 0.0717 e. The van der Waals surface area contributed by atoms with Crippen molar-refractivity contribution in [3.05, 3.63) is 132 Å². The Morgan fingerprint density at radius 2 is 1.29 bits per heavy atom. The monoisotopic (exact) mass is 450 g/mol. The Morgan fingerprint density at radius 1 is 0.714 bits per heavy atom. The summed E-state index contributed by atoms with van der Waals surface area (Å²) in [5.41, 5.74) is 14.9. The number of aliphatic imine (C=N–C) groups is 1. The van der Waals surface area contributed by atoms with Gasteiger partial charge in [0.1, 0.15) is 0 Å². The maximum absolute atomic E-state index is 6.78. The molecule has 2 heteroatoms. The van der Waals surface area contributed by atoms with Crippen LogP contribution in [-0.4, -0.2) is 6.21 Å². The lowest BCUT2D eigenvalue weighted by atomic mass is 9.92. The average Bonchev–Trinajstić information content (AvgIpc) is 2.88. The molecule has 1 aliphatic rings. The topological polar surface area (TPSA) is 38.4 Å². The fourth-order valence-electron chi connectivity index (χ4n) is 4.89. The van der Waals surface area contributed by atoms with Crippen molar-refractivity contribution in [3.8, 4) is 11.1 Å². The van der Waals surface area contributed by atoms with Crippen LogP contribution >= 0.6 is 0 Å². The fourth-order valence-corrected chi connectivity index (χ4v) is 4.89. The largest absolute Gasteiger partial charge is 0.321 e. The molecule has 1 unspecified atom stereocenters. The second-order valence-corrected chi connectivity index (χ2v) is 9.09. The fraction of sp³-hybridized carbons (Fsp3) is 0.0606. The Hall–Kier alpha value is -4.27. The van der Waals surface area contributed by atoms with Gasteiger partial charge >= 0.3 is 0 Å². The van der Waals surface area contributed by atoms with Crippen molar-refractivity contribution in [2.45, 2.75) is 13.0 Å². The van der Waals surface area contributed by atoms with Gasteiger partial charge in [-0.3, -0.25) is 4.99 Å². The molecule has 0 aliphatic carbocycles. The third-order valence-corrected chi connectivity index (χ3v) is 6.89. The highest BCUT2D eigenvalue weighted by Gasteiger charge is 2.12. The van der Waals surface area contributed by atoms with Crippen molar-refractivity contribution >= 4 is 39.0 Å². The van der Waals surface area contributed by atoms with E-state index < -0.39 is 0 Å². The SMILES string of the molecule is C/C(=C\C(N)c1cc2ccccc2c2ccccc12)c1ccc(-c2ccc(C3=CC=N3)cc2)cc1. The van der Waals surface area contributed by atoms with E-state index in [2.05, 4.69) is 121 Å². The number of allylic oxidation sites excluding steroid dienone is 2. The van der Waals surface area contributed by atoms with E-state index >= 15 is 0 Å². The molecule has 0 amide bonds. The van der Waals surface area contributed by atoms with E-state index in [1.165, 1.54) is 43.8 Å². The summed E-state index contributed by atoms with van der Waals surface area (Å²) in [5, 5.41) is 4.95. The smallest absolute Gasteiger partial charge is 0.0717 e. The van der Waals surface area contributed by atoms with Gasteiger partial charge in [0.15, 0.2) is 0 Å². The zero-order valence-electron chi connectivity index (χ0n) is 19.6. The molecule has 168 valence electrons. The van der Waals surface area contributed by atoms with Crippen molar-refractivity contribution in [2.24, 2.45) is 10.7 Å². The van der Waals surface area contributed by atoms with Crippen LogP contribution in [0.5, 0.6) is 0 Å². The highest BCUT2D eigenvalue weighted by Crippen LogP contribution is 2.33. The van der Waals surface area contributed by atoms with Gasteiger partial charge < -0.3 is 5.73 Å². The third-order valence-electron chi connectivity index (χ3n) is 6.89. The van der Waals surface area contributed by atoms with Gasteiger partial charge in [0, 0.05) is 17.8 Å². The van der Waals surface area contributed by atoms with Gasteiger partial charge in [-0.2, -0.15) is 0 Å². The summed E-state index contributed by atoms with van der Waals surface area (Å²) in [6, 6.07) is 36.4. The molecule has 2 N–H and O–H groups in total. The minimum Gasteiger partial charge on any atom is -0.321 e. The highest BCUT2D eigenvalue weighted by atomic mass is 14.8. The molecule has 1 aliphatic heterocycles. The molecule has 0 fully saturated rings. The number of nitrogens with zero attached hydrogens (tertiary/aromatic N) is 1. The minimum atomic E-state index is -0.194. The molecule has 0 radical (unpaired) electrons. The van der Waals surface area contributed by atoms with Crippen LogP contribution in [0.2, 0.25) is 0 Å². The van der Waals surface area contributed by atoms with Gasteiger partial charge in [0.05, 0.1) is 5.70 Å². The Morgan fingerprint density at radius 3 is 1.94 bits per heavy atom. The Balaban J connectivity index is 1.29. The number of benzene rings is 5. The molecular weight excluding hydrogens is 424 g/mol. The summed E-state index contributed by atoms with van der Waals surface area (Å²) in [4.78, 5) is 4.27. The number of rotatable bonds is 5. The van der Waals surface area contributed by atoms with E-state index in [0.717, 1.165) is 16.8 Å². The molecule has 0 saturated carbocycles. The van der Waals surface area contributed by atoms with Crippen molar-refractivity contribution in [1.29, 1.82) is 0 Å². The zero-order valence-corrected chi connectivity index (χ0v) is 19.6. The summed E-state index contributed by atoms with van der Waals surface area (Å²) in [6.07, 6.45) is 6.03. The van der Waals surface area contributed by atoms with Crippen LogP contribution in [0.4, 0.5) is 0 Å². The first-order valence-corrected chi connectivity index (χ1v) is 12.0. The number of nitrogens with two attached hydrogens (primary N) is 1. The summed E-state index contributed by atoms with van der Waals surface area (Å²) < 4.78 is 0. The van der Waals surface area contributed by atoms with Crippen molar-refractivity contribution in [3.63, 3.8) is 0 Å². The molecule has 5 aromatic rings. The van der Waals surface area contributed by atoms with Crippen molar-refractivity contribution in [1.82, 2.24) is 0 Å². The van der Waals surface area contributed by atoms with Crippen LogP contribution in [0.3, 0.4) is 0 Å². The Labute approximate surface area is 205 Å². The summed E-state index contributed by atoms with van der Waals surface area (Å²) in [5.74, 6) is 0. The van der Waals surface area contributed by atoms with Gasteiger partial charge in [-0.05, 0) is 68.4 Å². The standard InChI is InChI=1S/C33H26N2/c1-22(23-10-12-24(13-11-23)25-14-16-26(17-15-25)33-18-19-35-33)20-32(34)31-21-27-6-2-3-7-28(27)29-8-4-5-9-30(29)31/h2-21,32H,34H2,1H3/b22-20+. The van der Waals surface area contributed by atoms with E-state index in [1.807, 2.05) is 12.3 Å². The molecule has 1 atom stereocenters. The molecule has 0 spiro atoms. The molecule has 0 bridgehead atoms. The predicted octanol–water partition coefficient (Wildman–Crippen LogP) is 8.19. The predicted molar refractivity (Wildman–Crippen MR) is 150 cm³/mol. The quantitative estimate of drug-likeness (QED) is 0.269. The molecular formula is C33H26N2. The molecule has 5 aromatic carbocycles. The van der Waals surface area contributed by atoms with Crippen LogP contribution in [-0.2, 0) is 0 Å². The van der Waals surface area contributed by atoms with Gasteiger partial charge in [0.25, 0.3) is 0 Å². The summed E-state index contributed by atoms with van der Waals surface area (Å²) in [7, 11) is 0.